The van der Waals surface area contributed by atoms with Crippen molar-refractivity contribution in [2.45, 2.75) is 18.7 Å². The zero-order valence-electron chi connectivity index (χ0n) is 16.0. The van der Waals surface area contributed by atoms with E-state index in [1.165, 1.54) is 24.3 Å². The van der Waals surface area contributed by atoms with Crippen LogP contribution in [0.15, 0.2) is 77.7 Å². The fraction of sp³-hybridized carbons (Fsp3) is 0.136. The number of ether oxygens (including phenoxy) is 1. The van der Waals surface area contributed by atoms with Gasteiger partial charge in [-0.2, -0.15) is 4.31 Å². The van der Waals surface area contributed by atoms with Crippen molar-refractivity contribution >= 4 is 33.2 Å². The highest BCUT2D eigenvalue weighted by atomic mass is 35.5. The fourth-order valence-corrected chi connectivity index (χ4v) is 4.27. The second-order valence-corrected chi connectivity index (χ2v) is 8.54. The highest BCUT2D eigenvalue weighted by Gasteiger charge is 2.32. The summed E-state index contributed by atoms with van der Waals surface area (Å²) in [6.07, 6.45) is 0. The third kappa shape index (κ3) is 4.60. The molecule has 0 saturated heterocycles. The van der Waals surface area contributed by atoms with Crippen LogP contribution in [0.5, 0.6) is 5.75 Å². The summed E-state index contributed by atoms with van der Waals surface area (Å²) in [4.78, 5) is 13.2. The van der Waals surface area contributed by atoms with Crippen molar-refractivity contribution in [2.75, 3.05) is 10.9 Å². The Hall–Kier alpha value is -2.83. The van der Waals surface area contributed by atoms with Crippen LogP contribution in [0.25, 0.3) is 0 Å². The quantitative estimate of drug-likeness (QED) is 0.548. The first-order valence-corrected chi connectivity index (χ1v) is 10.8. The number of halogens is 1. The Kier molecular flexibility index (Phi) is 6.25. The van der Waals surface area contributed by atoms with Gasteiger partial charge in [0.05, 0.1) is 17.2 Å². The molecule has 5 nitrogen and oxygen atoms in total. The number of carbonyl (C=O) groups excluding carboxylic acids is 1. The average Bonchev–Trinajstić information content (AvgIpc) is 2.70. The second-order valence-electron chi connectivity index (χ2n) is 6.32. The molecule has 29 heavy (non-hydrogen) atoms. The molecule has 0 radical (unpaired) electrons. The molecule has 3 aromatic rings. The van der Waals surface area contributed by atoms with Crippen LogP contribution in [-0.4, -0.2) is 20.9 Å². The molecule has 0 unspecified atom stereocenters. The fourth-order valence-electron chi connectivity index (χ4n) is 2.73. The molecular formula is C22H20ClNO4S. The van der Waals surface area contributed by atoms with Gasteiger partial charge in [-0.25, -0.2) is 8.42 Å². The summed E-state index contributed by atoms with van der Waals surface area (Å²) < 4.78 is 33.0. The SMILES string of the molecule is CCOc1ccc(N(C(=O)c2ccc(C)cc2)S(=O)(=O)c2ccc(Cl)cc2)cc1. The molecule has 0 bridgehead atoms. The molecule has 0 N–H and O–H groups in total. The molecule has 7 heteroatoms. The number of hydrogen-bond acceptors (Lipinski definition) is 4. The molecule has 0 aromatic heterocycles. The number of carbonyl (C=O) groups is 1. The topological polar surface area (TPSA) is 63.7 Å². The molecule has 0 atom stereocenters. The van der Waals surface area contributed by atoms with Crippen molar-refractivity contribution in [1.29, 1.82) is 0 Å². The lowest BCUT2D eigenvalue weighted by Gasteiger charge is -2.23. The number of sulfonamides is 1. The summed E-state index contributed by atoms with van der Waals surface area (Å²) in [6.45, 7) is 4.23. The Bertz CT molecular complexity index is 1090. The van der Waals surface area contributed by atoms with E-state index in [1.54, 1.807) is 48.5 Å². The lowest BCUT2D eigenvalue weighted by molar-refractivity contribution is 0.101. The molecule has 0 heterocycles. The van der Waals surface area contributed by atoms with Gasteiger partial charge in [0.25, 0.3) is 15.9 Å². The number of anilines is 1. The molecule has 0 aliphatic rings. The Morgan fingerprint density at radius 1 is 0.931 bits per heavy atom. The maximum absolute atomic E-state index is 13.4. The normalized spacial score (nSPS) is 11.1. The van der Waals surface area contributed by atoms with Gasteiger partial charge in [-0.05, 0) is 74.5 Å². The van der Waals surface area contributed by atoms with Gasteiger partial charge in [-0.15, -0.1) is 0 Å². The van der Waals surface area contributed by atoms with Crippen molar-refractivity contribution in [2.24, 2.45) is 0 Å². The van der Waals surface area contributed by atoms with Crippen molar-refractivity contribution in [1.82, 2.24) is 0 Å². The van der Waals surface area contributed by atoms with E-state index in [0.29, 0.717) is 17.4 Å². The van der Waals surface area contributed by atoms with Crippen molar-refractivity contribution in [3.8, 4) is 5.75 Å². The summed E-state index contributed by atoms with van der Waals surface area (Å²) >= 11 is 5.89. The van der Waals surface area contributed by atoms with Crippen LogP contribution < -0.4 is 9.04 Å². The molecule has 1 amide bonds. The minimum absolute atomic E-state index is 0.0313. The largest absolute Gasteiger partial charge is 0.494 e. The molecule has 150 valence electrons. The summed E-state index contributed by atoms with van der Waals surface area (Å²) in [5.41, 5.74) is 1.45. The summed E-state index contributed by atoms with van der Waals surface area (Å²) in [6, 6.07) is 18.8. The van der Waals surface area contributed by atoms with Gasteiger partial charge < -0.3 is 4.74 Å². The second kappa shape index (κ2) is 8.68. The zero-order chi connectivity index (χ0) is 21.0. The minimum atomic E-state index is -4.17. The third-order valence-corrected chi connectivity index (χ3v) is 6.19. The minimum Gasteiger partial charge on any atom is -0.494 e. The van der Waals surface area contributed by atoms with E-state index < -0.39 is 15.9 Å². The third-order valence-electron chi connectivity index (χ3n) is 4.22. The molecule has 0 aliphatic heterocycles. The predicted octanol–water partition coefficient (Wildman–Crippen LogP) is 5.08. The van der Waals surface area contributed by atoms with E-state index >= 15 is 0 Å². The average molecular weight is 430 g/mol. The smallest absolute Gasteiger partial charge is 0.272 e. The van der Waals surface area contributed by atoms with Crippen LogP contribution in [0, 0.1) is 6.92 Å². The molecule has 0 saturated carbocycles. The summed E-state index contributed by atoms with van der Waals surface area (Å²) in [7, 11) is -4.17. The Labute approximate surface area is 175 Å². The number of amides is 1. The van der Waals surface area contributed by atoms with E-state index in [0.717, 1.165) is 9.87 Å². The van der Waals surface area contributed by atoms with Crippen LogP contribution in [0.1, 0.15) is 22.8 Å². The van der Waals surface area contributed by atoms with Crippen LogP contribution in [0.2, 0.25) is 5.02 Å². The molecule has 0 fully saturated rings. The van der Waals surface area contributed by atoms with Gasteiger partial charge in [-0.1, -0.05) is 29.3 Å². The standard InChI is InChI=1S/C22H20ClNO4S/c1-3-28-20-12-10-19(11-13-20)24(22(25)17-6-4-16(2)5-7-17)29(26,27)21-14-8-18(23)9-15-21/h4-15H,3H2,1-2H3. The maximum atomic E-state index is 13.4. The van der Waals surface area contributed by atoms with Crippen LogP contribution >= 0.6 is 11.6 Å². The monoisotopic (exact) mass is 429 g/mol. The van der Waals surface area contributed by atoms with Crippen molar-refractivity contribution < 1.29 is 17.9 Å². The highest BCUT2D eigenvalue weighted by molar-refractivity contribution is 7.93. The Morgan fingerprint density at radius 2 is 1.52 bits per heavy atom. The predicted molar refractivity (Wildman–Crippen MR) is 114 cm³/mol. The Morgan fingerprint density at radius 3 is 2.07 bits per heavy atom. The van der Waals surface area contributed by atoms with E-state index in [4.69, 9.17) is 16.3 Å². The first kappa shape index (κ1) is 20.9. The highest BCUT2D eigenvalue weighted by Crippen LogP contribution is 2.28. The van der Waals surface area contributed by atoms with Gasteiger partial charge in [-0.3, -0.25) is 4.79 Å². The van der Waals surface area contributed by atoms with Gasteiger partial charge in [0, 0.05) is 10.6 Å². The lowest BCUT2D eigenvalue weighted by Crippen LogP contribution is -2.37. The molecule has 3 aromatic carbocycles. The summed E-state index contributed by atoms with van der Waals surface area (Å²) in [5, 5.41) is 0.404. The van der Waals surface area contributed by atoms with Crippen LogP contribution in [-0.2, 0) is 10.0 Å². The number of rotatable bonds is 6. The molecule has 3 rings (SSSR count). The number of hydrogen-bond donors (Lipinski definition) is 0. The number of aryl methyl sites for hydroxylation is 1. The maximum Gasteiger partial charge on any atom is 0.272 e. The van der Waals surface area contributed by atoms with Crippen molar-refractivity contribution in [3.05, 3.63) is 88.9 Å². The van der Waals surface area contributed by atoms with Crippen LogP contribution in [0.3, 0.4) is 0 Å². The van der Waals surface area contributed by atoms with Crippen LogP contribution in [0.4, 0.5) is 5.69 Å². The zero-order valence-corrected chi connectivity index (χ0v) is 17.6. The molecule has 0 spiro atoms. The van der Waals surface area contributed by atoms with E-state index in [2.05, 4.69) is 0 Å². The van der Waals surface area contributed by atoms with Gasteiger partial charge in [0.15, 0.2) is 0 Å². The lowest BCUT2D eigenvalue weighted by atomic mass is 10.1. The van der Waals surface area contributed by atoms with E-state index in [1.807, 2.05) is 13.8 Å². The number of nitrogens with zero attached hydrogens (tertiary/aromatic N) is 1. The molecule has 0 aliphatic carbocycles. The van der Waals surface area contributed by atoms with Gasteiger partial charge in [0.2, 0.25) is 0 Å². The number of benzene rings is 3. The van der Waals surface area contributed by atoms with E-state index in [9.17, 15) is 13.2 Å². The Balaban J connectivity index is 2.11. The molecular weight excluding hydrogens is 410 g/mol. The van der Waals surface area contributed by atoms with E-state index in [-0.39, 0.29) is 16.1 Å². The summed E-state index contributed by atoms with van der Waals surface area (Å²) in [5.74, 6) is -0.0630. The van der Waals surface area contributed by atoms with Gasteiger partial charge in [0.1, 0.15) is 5.75 Å². The first-order chi connectivity index (χ1) is 13.8. The van der Waals surface area contributed by atoms with Gasteiger partial charge >= 0.3 is 0 Å². The first-order valence-electron chi connectivity index (χ1n) is 8.97. The van der Waals surface area contributed by atoms with Crippen molar-refractivity contribution in [3.63, 3.8) is 0 Å².